The van der Waals surface area contributed by atoms with Crippen molar-refractivity contribution in [2.24, 2.45) is 0 Å². The van der Waals surface area contributed by atoms with Crippen LogP contribution in [-0.2, 0) is 63.4 Å². The number of hydrogen-bond donors (Lipinski definition) is 2. The molecule has 36 heteroatoms. The molecule has 8 bridgehead atoms. The normalized spacial score (nSPS) is 13.8. The third kappa shape index (κ3) is 8.15. The van der Waals surface area contributed by atoms with E-state index >= 15 is 0 Å². The van der Waals surface area contributed by atoms with Gasteiger partial charge in [0.05, 0.1) is 16.3 Å². The van der Waals surface area contributed by atoms with Gasteiger partial charge in [-0.1, -0.05) is 48.5 Å². The Morgan fingerprint density at radius 3 is 1.07 bits per heavy atom. The molecule has 0 fully saturated rings. The molecular weight excluding hydrogens is 1190 g/mol. The van der Waals surface area contributed by atoms with Crippen LogP contribution in [0.25, 0.3) is 89.7 Å². The first-order chi connectivity index (χ1) is 31.2. The Bertz CT molecular complexity index is 4600. The van der Waals surface area contributed by atoms with Crippen molar-refractivity contribution in [1.82, 2.24) is 39.9 Å². The highest BCUT2D eigenvalue weighted by Gasteiger charge is 2.44. The molecule has 0 unspecified atom stereocenters. The second-order valence-corrected chi connectivity index (χ2v) is 31.3. The summed E-state index contributed by atoms with van der Waals surface area (Å²) in [5.41, 5.74) is -3.69. The number of halogens is 7. The summed E-state index contributed by atoms with van der Waals surface area (Å²) in [5.74, 6) is -2.36. The van der Waals surface area contributed by atoms with Crippen molar-refractivity contribution in [2.75, 3.05) is 0 Å². The molecule has 68 heavy (non-hydrogen) atoms. The summed E-state index contributed by atoms with van der Waals surface area (Å²) >= 11 is 0. The van der Waals surface area contributed by atoms with Gasteiger partial charge >= 0.3 is 0 Å². The third-order valence-electron chi connectivity index (χ3n) is 9.80. The van der Waals surface area contributed by atoms with Gasteiger partial charge in [0.2, 0.25) is 0 Å². The third-order valence-corrected chi connectivity index (χ3v) is 20.0. The van der Waals surface area contributed by atoms with Crippen LogP contribution >= 0.6 is 74.8 Å². The van der Waals surface area contributed by atoms with Gasteiger partial charge in [0, 0.05) is 102 Å². The van der Waals surface area contributed by atoms with Gasteiger partial charge < -0.3 is 9.97 Å². The van der Waals surface area contributed by atoms with E-state index in [2.05, 4.69) is 39.9 Å². The van der Waals surface area contributed by atoms with E-state index in [1.165, 1.54) is 24.3 Å². The molecule has 2 N–H and O–H groups in total. The van der Waals surface area contributed by atoms with Gasteiger partial charge in [-0.15, -0.1) is 0 Å². The van der Waals surface area contributed by atoms with Gasteiger partial charge in [-0.2, -0.15) is 0 Å². The van der Waals surface area contributed by atoms with E-state index in [9.17, 15) is 58.9 Å². The van der Waals surface area contributed by atoms with Crippen molar-refractivity contribution >= 4 is 182 Å². The largest absolute Gasteiger partial charge is 0.324 e. The molecule has 0 saturated carbocycles. The molecule has 0 saturated heterocycles. The van der Waals surface area contributed by atoms with E-state index in [-0.39, 0.29) is 39.5 Å². The number of nitrogens with zero attached hydrogens (tertiary/aromatic N) is 6. The zero-order valence-corrected chi connectivity index (χ0v) is 42.6. The van der Waals surface area contributed by atoms with Crippen molar-refractivity contribution in [3.63, 3.8) is 0 Å². The predicted octanol–water partition coefficient (Wildman–Crippen LogP) is 6.36. The molecule has 2 aliphatic rings. The molecule has 22 nitrogen and oxygen atoms in total. The van der Waals surface area contributed by atoms with Gasteiger partial charge in [0.1, 0.15) is 56.9 Å². The maximum Gasteiger partial charge on any atom is 0.264 e. The Morgan fingerprint density at radius 1 is 0.338 bits per heavy atom. The van der Waals surface area contributed by atoms with E-state index in [4.69, 9.17) is 74.8 Å². The molecule has 4 aromatic carbocycles. The highest BCUT2D eigenvalue weighted by molar-refractivity contribution is 8.19. The number of aromatic amines is 2. The second-order valence-electron chi connectivity index (χ2n) is 13.8. The summed E-state index contributed by atoms with van der Waals surface area (Å²) in [6.07, 6.45) is 0. The number of nitrogens with one attached hydrogen (secondary N) is 2. The van der Waals surface area contributed by atoms with Crippen LogP contribution in [0.5, 0.6) is 0 Å². The minimum atomic E-state index is -5.88. The van der Waals surface area contributed by atoms with E-state index in [0.29, 0.717) is 11.5 Å². The average molecular weight is 1200 g/mol. The molecular formula is C32H11Cl7N8O14S7. The summed E-state index contributed by atoms with van der Waals surface area (Å²) in [6, 6.07) is 12.8. The number of benzene rings is 4. The Balaban J connectivity index is 1.71. The molecule has 0 amide bonds. The maximum absolute atomic E-state index is 13.7. The molecule has 5 heterocycles. The van der Waals surface area contributed by atoms with Crippen LogP contribution in [0.3, 0.4) is 0 Å². The Labute approximate surface area is 411 Å². The Kier molecular flexibility index (Phi) is 11.3. The molecule has 0 spiro atoms. The fourth-order valence-electron chi connectivity index (χ4n) is 7.47. The van der Waals surface area contributed by atoms with Gasteiger partial charge in [0.25, 0.3) is 63.4 Å². The van der Waals surface area contributed by atoms with Crippen LogP contribution in [0.4, 0.5) is 0 Å². The number of hydrogen-bond acceptors (Lipinski definition) is 20. The standard InChI is InChI=1S/C32H11Cl7N8O14S7/c33-62(48,49)15-9-14-16(20(64(35,52)53)19(15)63(34,50)51)30-45-29(14)43-27-11-6-2-1-5-10(11)25(41-27)40-26-12-7-3-4-8-13(12)28(42-26)44-31-17-18(32(46-30)47-31)22(66(37,56)57)24(68(39,60)61)23(67(38,58)59)21(17)65(36,54)55/h1-9H,(H2,40,41,42,43,44,45,46,47). The van der Waals surface area contributed by atoms with Crippen LogP contribution in [0.2, 0.25) is 0 Å². The lowest BCUT2D eigenvalue weighted by molar-refractivity contribution is 0.583. The van der Waals surface area contributed by atoms with Crippen molar-refractivity contribution in [2.45, 2.75) is 34.3 Å². The van der Waals surface area contributed by atoms with Gasteiger partial charge in [0.15, 0.2) is 23.3 Å². The fourth-order valence-corrected chi connectivity index (χ4v) is 20.3. The first kappa shape index (κ1) is 48.9. The number of fused-ring (bicyclic) bond motifs is 20. The number of H-pyrrole nitrogens is 2. The summed E-state index contributed by atoms with van der Waals surface area (Å²) in [6.45, 7) is 0. The second kappa shape index (κ2) is 15.7. The van der Waals surface area contributed by atoms with Crippen molar-refractivity contribution < 1.29 is 58.9 Å². The zero-order valence-electron chi connectivity index (χ0n) is 31.6. The van der Waals surface area contributed by atoms with Crippen LogP contribution in [0.1, 0.15) is 0 Å². The van der Waals surface area contributed by atoms with Gasteiger partial charge in [-0.3, -0.25) is 0 Å². The van der Waals surface area contributed by atoms with Crippen LogP contribution < -0.4 is 0 Å². The van der Waals surface area contributed by atoms with Crippen LogP contribution in [-0.4, -0.2) is 98.8 Å². The number of rotatable bonds is 7. The molecule has 7 aromatic rings. The SMILES string of the molecule is O=S(=O)(Cl)c1cc2c(c(S(=O)(=O)Cl)c1S(=O)(=O)Cl)-c1nc-2nc2[nH]c(nc3nc(nc4[nH]c(n1)c1c(S(=O)(=O)Cl)c(S(=O)(=O)Cl)c(S(=O)(=O)Cl)c(S(=O)(=O)Cl)c41)-c1ccccc1-3)c1ccccc21. The van der Waals surface area contributed by atoms with Gasteiger partial charge in [-0.05, 0) is 6.07 Å². The summed E-state index contributed by atoms with van der Waals surface area (Å²) in [5, 5.41) is -1.97. The highest BCUT2D eigenvalue weighted by Crippen LogP contribution is 2.50. The average Bonchev–Trinajstić information content (AvgIpc) is 3.92. The molecule has 9 rings (SSSR count). The van der Waals surface area contributed by atoms with E-state index in [1.807, 2.05) is 0 Å². The summed E-state index contributed by atoms with van der Waals surface area (Å²) in [7, 11) is 0.424. The summed E-state index contributed by atoms with van der Waals surface area (Å²) in [4.78, 5) is 19.1. The van der Waals surface area contributed by atoms with E-state index in [0.717, 1.165) is 0 Å². The molecule has 2 aliphatic heterocycles. The molecule has 3 aromatic heterocycles. The van der Waals surface area contributed by atoms with Crippen molar-refractivity contribution in [1.29, 1.82) is 0 Å². The molecule has 0 atom stereocenters. The lowest BCUT2D eigenvalue weighted by atomic mass is 10.1. The topological polar surface area (TPSA) is 348 Å². The molecule has 0 aliphatic carbocycles. The smallest absolute Gasteiger partial charge is 0.264 e. The van der Waals surface area contributed by atoms with E-state index in [1.54, 1.807) is 24.3 Å². The Morgan fingerprint density at radius 2 is 0.676 bits per heavy atom. The lowest BCUT2D eigenvalue weighted by Crippen LogP contribution is -2.13. The van der Waals surface area contributed by atoms with E-state index < -0.39 is 142 Å². The van der Waals surface area contributed by atoms with Crippen LogP contribution in [0.15, 0.2) is 88.9 Å². The maximum atomic E-state index is 13.7. The van der Waals surface area contributed by atoms with Crippen molar-refractivity contribution in [3.05, 3.63) is 54.6 Å². The quantitative estimate of drug-likeness (QED) is 0.164. The molecule has 354 valence electrons. The fraction of sp³-hybridized carbons (Fsp3) is 0. The monoisotopic (exact) mass is 1200 g/mol. The first-order valence-corrected chi connectivity index (χ1v) is 33.4. The minimum absolute atomic E-state index is 0.0254. The van der Waals surface area contributed by atoms with Crippen LogP contribution in [0, 0.1) is 0 Å². The predicted molar refractivity (Wildman–Crippen MR) is 247 cm³/mol. The summed E-state index contributed by atoms with van der Waals surface area (Å²) < 4.78 is 188. The molecule has 0 radical (unpaired) electrons. The van der Waals surface area contributed by atoms with Gasteiger partial charge in [-0.25, -0.2) is 88.8 Å². The zero-order chi connectivity index (χ0) is 49.8. The lowest BCUT2D eigenvalue weighted by Gasteiger charge is -2.14. The first-order valence-electron chi connectivity index (χ1n) is 17.3. The number of aromatic nitrogens is 8. The van der Waals surface area contributed by atoms with Crippen molar-refractivity contribution in [3.8, 4) is 45.6 Å². The Hall–Kier alpha value is -4.08. The highest BCUT2D eigenvalue weighted by atomic mass is 35.7. The minimum Gasteiger partial charge on any atom is -0.324 e.